The van der Waals surface area contributed by atoms with E-state index in [0.717, 1.165) is 11.8 Å². The molecule has 0 N–H and O–H groups in total. The topological polar surface area (TPSA) is 0 Å². The normalized spacial score (nSPS) is 25.0. The summed E-state index contributed by atoms with van der Waals surface area (Å²) in [6, 6.07) is 0. The van der Waals surface area contributed by atoms with Gasteiger partial charge in [-0.15, -0.1) is 0 Å². The van der Waals surface area contributed by atoms with Crippen molar-refractivity contribution in [3.8, 4) is 0 Å². The van der Waals surface area contributed by atoms with Gasteiger partial charge in [-0.3, -0.25) is 0 Å². The van der Waals surface area contributed by atoms with E-state index in [1.54, 1.807) is 5.57 Å². The first kappa shape index (κ1) is 13.8. The van der Waals surface area contributed by atoms with Gasteiger partial charge in [-0.25, -0.2) is 0 Å². The maximum absolute atomic E-state index is 2.47. The zero-order chi connectivity index (χ0) is 11.8. The van der Waals surface area contributed by atoms with Crippen LogP contribution in [0.15, 0.2) is 11.6 Å². The number of hydrogen-bond donors (Lipinski definition) is 0. The Bertz CT molecular complexity index is 200. The van der Waals surface area contributed by atoms with Crippen LogP contribution in [0, 0.1) is 11.8 Å². The third-order valence-electron chi connectivity index (χ3n) is 3.80. The molecule has 0 nitrogen and oxygen atoms in total. The average molecular weight is 222 g/mol. The molecule has 0 aliphatic heterocycles. The molecule has 1 unspecified atom stereocenters. The standard InChI is InChI=1S/C16H30/c1-14(2)13-16-11-6-4-5-9-15(3)10-7-8-12-16/h9,14,16H,4-8,10-13H2,1-3H3. The van der Waals surface area contributed by atoms with Crippen molar-refractivity contribution < 1.29 is 0 Å². The maximum Gasteiger partial charge on any atom is -0.0323 e. The second kappa shape index (κ2) is 7.92. The van der Waals surface area contributed by atoms with Crippen molar-refractivity contribution in [3.63, 3.8) is 0 Å². The number of allylic oxidation sites excluding steroid dienone is 2. The van der Waals surface area contributed by atoms with Crippen molar-refractivity contribution in [2.75, 3.05) is 0 Å². The van der Waals surface area contributed by atoms with Gasteiger partial charge in [0.1, 0.15) is 0 Å². The summed E-state index contributed by atoms with van der Waals surface area (Å²) in [5.41, 5.74) is 1.63. The minimum Gasteiger partial charge on any atom is -0.0856 e. The Morgan fingerprint density at radius 3 is 2.50 bits per heavy atom. The predicted molar refractivity (Wildman–Crippen MR) is 73.6 cm³/mol. The van der Waals surface area contributed by atoms with Crippen molar-refractivity contribution in [3.05, 3.63) is 11.6 Å². The molecule has 0 aromatic rings. The van der Waals surface area contributed by atoms with Crippen LogP contribution in [0.4, 0.5) is 0 Å². The van der Waals surface area contributed by atoms with Crippen LogP contribution in [-0.4, -0.2) is 0 Å². The fourth-order valence-electron chi connectivity index (χ4n) is 2.91. The lowest BCUT2D eigenvalue weighted by molar-refractivity contribution is 0.344. The van der Waals surface area contributed by atoms with E-state index in [4.69, 9.17) is 0 Å². The Morgan fingerprint density at radius 1 is 1.12 bits per heavy atom. The van der Waals surface area contributed by atoms with Crippen LogP contribution >= 0.6 is 0 Å². The molecule has 0 spiro atoms. The van der Waals surface area contributed by atoms with Gasteiger partial charge in [0.15, 0.2) is 0 Å². The molecule has 0 saturated carbocycles. The predicted octanol–water partition coefficient (Wildman–Crippen LogP) is 5.73. The van der Waals surface area contributed by atoms with Gasteiger partial charge in [-0.1, -0.05) is 51.2 Å². The molecule has 0 bridgehead atoms. The third kappa shape index (κ3) is 6.35. The summed E-state index contributed by atoms with van der Waals surface area (Å²) in [5.74, 6) is 1.90. The van der Waals surface area contributed by atoms with Crippen LogP contribution in [-0.2, 0) is 0 Å². The van der Waals surface area contributed by atoms with Gasteiger partial charge in [0, 0.05) is 0 Å². The second-order valence-electron chi connectivity index (χ2n) is 6.08. The summed E-state index contributed by atoms with van der Waals surface area (Å²) in [4.78, 5) is 0. The van der Waals surface area contributed by atoms with Crippen LogP contribution < -0.4 is 0 Å². The lowest BCUT2D eigenvalue weighted by Gasteiger charge is -2.18. The molecule has 0 aromatic carbocycles. The lowest BCUT2D eigenvalue weighted by atomic mass is 9.88. The summed E-state index contributed by atoms with van der Waals surface area (Å²) in [6.07, 6.45) is 15.3. The van der Waals surface area contributed by atoms with E-state index < -0.39 is 0 Å². The molecule has 0 aromatic heterocycles. The molecule has 1 rings (SSSR count). The van der Waals surface area contributed by atoms with Crippen molar-refractivity contribution in [1.29, 1.82) is 0 Å². The fourth-order valence-corrected chi connectivity index (χ4v) is 2.91. The molecule has 16 heavy (non-hydrogen) atoms. The van der Waals surface area contributed by atoms with Crippen molar-refractivity contribution >= 4 is 0 Å². The molecule has 0 amide bonds. The van der Waals surface area contributed by atoms with Crippen LogP contribution in [0.1, 0.15) is 78.6 Å². The van der Waals surface area contributed by atoms with Gasteiger partial charge in [0.25, 0.3) is 0 Å². The van der Waals surface area contributed by atoms with Gasteiger partial charge in [-0.05, 0) is 50.9 Å². The van der Waals surface area contributed by atoms with Gasteiger partial charge in [0.2, 0.25) is 0 Å². The second-order valence-corrected chi connectivity index (χ2v) is 6.08. The highest BCUT2D eigenvalue weighted by Gasteiger charge is 2.11. The minimum absolute atomic E-state index is 0.884. The summed E-state index contributed by atoms with van der Waals surface area (Å²) in [6.45, 7) is 7.05. The van der Waals surface area contributed by atoms with Crippen LogP contribution in [0.3, 0.4) is 0 Å². The van der Waals surface area contributed by atoms with E-state index in [1.807, 2.05) is 0 Å². The molecular weight excluding hydrogens is 192 g/mol. The molecule has 0 heterocycles. The Hall–Kier alpha value is -0.260. The van der Waals surface area contributed by atoms with E-state index in [2.05, 4.69) is 26.8 Å². The SMILES string of the molecule is CC1=CCCCCC(CC(C)C)CCCC1. The lowest BCUT2D eigenvalue weighted by Crippen LogP contribution is -2.05. The molecular formula is C16H30. The monoisotopic (exact) mass is 222 g/mol. The first-order valence-corrected chi connectivity index (χ1v) is 7.34. The third-order valence-corrected chi connectivity index (χ3v) is 3.80. The van der Waals surface area contributed by atoms with E-state index in [1.165, 1.54) is 57.8 Å². The van der Waals surface area contributed by atoms with Crippen LogP contribution in [0.5, 0.6) is 0 Å². The zero-order valence-electron chi connectivity index (χ0n) is 11.6. The fraction of sp³-hybridized carbons (Fsp3) is 0.875. The first-order chi connectivity index (χ1) is 7.68. The van der Waals surface area contributed by atoms with Gasteiger partial charge >= 0.3 is 0 Å². The Labute approximate surface area is 103 Å². The van der Waals surface area contributed by atoms with Gasteiger partial charge < -0.3 is 0 Å². The van der Waals surface area contributed by atoms with Crippen molar-refractivity contribution in [2.24, 2.45) is 11.8 Å². The summed E-state index contributed by atoms with van der Waals surface area (Å²) >= 11 is 0. The Morgan fingerprint density at radius 2 is 1.81 bits per heavy atom. The molecule has 0 heteroatoms. The molecule has 0 radical (unpaired) electrons. The molecule has 0 saturated heterocycles. The zero-order valence-corrected chi connectivity index (χ0v) is 11.6. The smallest absolute Gasteiger partial charge is 0.0323 e. The molecule has 1 atom stereocenters. The van der Waals surface area contributed by atoms with Crippen molar-refractivity contribution in [1.82, 2.24) is 0 Å². The number of hydrogen-bond acceptors (Lipinski definition) is 0. The highest BCUT2D eigenvalue weighted by Crippen LogP contribution is 2.26. The number of rotatable bonds is 2. The summed E-state index contributed by atoms with van der Waals surface area (Å²) < 4.78 is 0. The van der Waals surface area contributed by atoms with Gasteiger partial charge in [-0.2, -0.15) is 0 Å². The minimum atomic E-state index is 0.884. The van der Waals surface area contributed by atoms with E-state index in [9.17, 15) is 0 Å². The quantitative estimate of drug-likeness (QED) is 0.523. The molecule has 1 aliphatic rings. The summed E-state index contributed by atoms with van der Waals surface area (Å²) in [5, 5.41) is 0. The van der Waals surface area contributed by atoms with Crippen LogP contribution in [0.25, 0.3) is 0 Å². The first-order valence-electron chi connectivity index (χ1n) is 7.34. The summed E-state index contributed by atoms with van der Waals surface area (Å²) in [7, 11) is 0. The highest BCUT2D eigenvalue weighted by atomic mass is 14.2. The van der Waals surface area contributed by atoms with E-state index in [0.29, 0.717) is 0 Å². The van der Waals surface area contributed by atoms with Crippen molar-refractivity contribution in [2.45, 2.75) is 78.6 Å². The average Bonchev–Trinajstić information content (AvgIpc) is 2.25. The maximum atomic E-state index is 2.47. The molecule has 0 fully saturated rings. The Balaban J connectivity index is 2.36. The highest BCUT2D eigenvalue weighted by molar-refractivity contribution is 4.97. The molecule has 94 valence electrons. The Kier molecular flexibility index (Phi) is 6.84. The van der Waals surface area contributed by atoms with Crippen LogP contribution in [0.2, 0.25) is 0 Å². The molecule has 1 aliphatic carbocycles. The van der Waals surface area contributed by atoms with E-state index in [-0.39, 0.29) is 0 Å². The van der Waals surface area contributed by atoms with Gasteiger partial charge in [0.05, 0.1) is 0 Å². The largest absolute Gasteiger partial charge is 0.0856 e. The van der Waals surface area contributed by atoms with E-state index >= 15 is 0 Å².